The zero-order chi connectivity index (χ0) is 21.2. The minimum Gasteiger partial charge on any atom is -0.493 e. The van der Waals surface area contributed by atoms with Crippen molar-refractivity contribution in [2.45, 2.75) is 58.9 Å². The molecule has 1 N–H and O–H groups in total. The van der Waals surface area contributed by atoms with E-state index in [9.17, 15) is 13.6 Å². The minimum atomic E-state index is -0.895. The summed E-state index contributed by atoms with van der Waals surface area (Å²) in [5.74, 6) is -0.134. The molecule has 1 heterocycles. The second-order valence-corrected chi connectivity index (χ2v) is 9.53. The van der Waals surface area contributed by atoms with Crippen molar-refractivity contribution in [3.8, 4) is 5.75 Å². The molecule has 29 heavy (non-hydrogen) atoms. The molecule has 0 unspecified atom stereocenters. The van der Waals surface area contributed by atoms with Gasteiger partial charge in [0, 0.05) is 17.7 Å². The van der Waals surface area contributed by atoms with Gasteiger partial charge in [-0.3, -0.25) is 4.79 Å². The molecule has 1 aromatic carbocycles. The van der Waals surface area contributed by atoms with Gasteiger partial charge in [-0.15, -0.1) is 0 Å². The van der Waals surface area contributed by atoms with Gasteiger partial charge in [0.25, 0.3) is 5.91 Å². The Kier molecular flexibility index (Phi) is 6.82. The Morgan fingerprint density at radius 1 is 1.21 bits per heavy atom. The Morgan fingerprint density at radius 3 is 2.38 bits per heavy atom. The molecular weight excluding hydrogens is 374 g/mol. The molecular formula is C23H34F2N2O2. The van der Waals surface area contributed by atoms with Crippen LogP contribution in [0.4, 0.5) is 8.78 Å². The molecule has 0 bridgehead atoms. The molecule has 3 rings (SSSR count). The van der Waals surface area contributed by atoms with Gasteiger partial charge in [0.2, 0.25) is 0 Å². The zero-order valence-electron chi connectivity index (χ0n) is 18.1. The van der Waals surface area contributed by atoms with Crippen molar-refractivity contribution in [2.24, 2.45) is 17.8 Å². The van der Waals surface area contributed by atoms with Crippen molar-refractivity contribution in [1.29, 1.82) is 0 Å². The number of piperidine rings is 1. The number of nitrogens with zero attached hydrogens (tertiary/aromatic N) is 1. The molecule has 2 aliphatic rings. The third-order valence-electron chi connectivity index (χ3n) is 6.15. The molecule has 4 nitrogen and oxygen atoms in total. The zero-order valence-corrected chi connectivity index (χ0v) is 18.1. The van der Waals surface area contributed by atoms with Crippen molar-refractivity contribution < 1.29 is 18.3 Å². The van der Waals surface area contributed by atoms with Gasteiger partial charge in [-0.2, -0.15) is 0 Å². The van der Waals surface area contributed by atoms with E-state index in [2.05, 4.69) is 17.1 Å². The van der Waals surface area contributed by atoms with E-state index in [0.29, 0.717) is 12.5 Å². The van der Waals surface area contributed by atoms with Crippen LogP contribution in [0, 0.1) is 29.4 Å². The van der Waals surface area contributed by atoms with Gasteiger partial charge < -0.3 is 15.0 Å². The molecule has 1 saturated heterocycles. The maximum absolute atomic E-state index is 14.3. The number of nitrogens with one attached hydrogen (secondary N) is 1. The number of hydrogen-bond donors (Lipinski definition) is 1. The predicted molar refractivity (Wildman–Crippen MR) is 110 cm³/mol. The highest BCUT2D eigenvalue weighted by Gasteiger charge is 2.42. The summed E-state index contributed by atoms with van der Waals surface area (Å²) in [6, 6.07) is 2.21. The standard InChI is InChI=1S/C23H34F2N2O2/c1-5-27-9-6-15(7-10-27)18-12-16(18)8-11-29-17-13-19(24)21(20(25)14-17)22(28)26-23(2,3)4/h13-16,18H,5-12H2,1-4H3,(H,26,28)/t16-,18-/m1/s1. The first-order chi connectivity index (χ1) is 13.7. The van der Waals surface area contributed by atoms with Crippen molar-refractivity contribution >= 4 is 5.91 Å². The summed E-state index contributed by atoms with van der Waals surface area (Å²) in [4.78, 5) is 14.6. The first-order valence-corrected chi connectivity index (χ1v) is 10.8. The number of halogens is 2. The average molecular weight is 409 g/mol. The first-order valence-electron chi connectivity index (χ1n) is 10.8. The largest absolute Gasteiger partial charge is 0.493 e. The number of hydrogen-bond acceptors (Lipinski definition) is 3. The number of likely N-dealkylation sites (tertiary alicyclic amines) is 1. The lowest BCUT2D eigenvalue weighted by atomic mass is 9.90. The summed E-state index contributed by atoms with van der Waals surface area (Å²) in [7, 11) is 0. The second-order valence-electron chi connectivity index (χ2n) is 9.53. The third kappa shape index (κ3) is 5.91. The van der Waals surface area contributed by atoms with Gasteiger partial charge in [-0.1, -0.05) is 6.92 Å². The van der Waals surface area contributed by atoms with Gasteiger partial charge in [0.15, 0.2) is 0 Å². The maximum Gasteiger partial charge on any atom is 0.257 e. The van der Waals surface area contributed by atoms with Crippen LogP contribution in [0.15, 0.2) is 12.1 Å². The van der Waals surface area contributed by atoms with E-state index in [4.69, 9.17) is 4.74 Å². The number of carbonyl (C=O) groups is 1. The molecule has 2 fully saturated rings. The van der Waals surface area contributed by atoms with E-state index in [1.54, 1.807) is 20.8 Å². The SMILES string of the molecule is CCN1CCC([C@H]2C[C@H]2CCOc2cc(F)c(C(=O)NC(C)(C)C)c(F)c2)CC1. The fourth-order valence-electron chi connectivity index (χ4n) is 4.46. The monoisotopic (exact) mass is 408 g/mol. The van der Waals surface area contributed by atoms with Crippen molar-refractivity contribution in [3.63, 3.8) is 0 Å². The summed E-state index contributed by atoms with van der Waals surface area (Å²) in [5, 5.41) is 2.58. The van der Waals surface area contributed by atoms with E-state index in [0.717, 1.165) is 36.9 Å². The molecule has 1 aliphatic carbocycles. The van der Waals surface area contributed by atoms with Crippen LogP contribution in [0.25, 0.3) is 0 Å². The van der Waals surface area contributed by atoms with Gasteiger partial charge in [-0.05, 0) is 83.8 Å². The highest BCUT2D eigenvalue weighted by atomic mass is 19.1. The molecule has 1 aromatic rings. The number of carbonyl (C=O) groups excluding carboxylic acids is 1. The summed E-state index contributed by atoms with van der Waals surface area (Å²) in [5.41, 5.74) is -1.13. The lowest BCUT2D eigenvalue weighted by Crippen LogP contribution is -2.41. The minimum absolute atomic E-state index is 0.140. The van der Waals surface area contributed by atoms with Crippen molar-refractivity contribution in [2.75, 3.05) is 26.2 Å². The molecule has 2 atom stereocenters. The van der Waals surface area contributed by atoms with E-state index in [1.807, 2.05) is 0 Å². The maximum atomic E-state index is 14.3. The smallest absolute Gasteiger partial charge is 0.257 e. The summed E-state index contributed by atoms with van der Waals surface area (Å²) in [6.45, 7) is 11.5. The number of amides is 1. The van der Waals surface area contributed by atoms with Crippen LogP contribution in [0.5, 0.6) is 5.75 Å². The molecule has 162 valence electrons. The van der Waals surface area contributed by atoms with Crippen LogP contribution < -0.4 is 10.1 Å². The van der Waals surface area contributed by atoms with Gasteiger partial charge in [-0.25, -0.2) is 8.78 Å². The third-order valence-corrected chi connectivity index (χ3v) is 6.15. The lowest BCUT2D eigenvalue weighted by Gasteiger charge is -2.31. The van der Waals surface area contributed by atoms with E-state index in [-0.39, 0.29) is 5.75 Å². The number of rotatable bonds is 7. The molecule has 0 aromatic heterocycles. The molecule has 1 aliphatic heterocycles. The van der Waals surface area contributed by atoms with Gasteiger partial charge in [0.1, 0.15) is 22.9 Å². The van der Waals surface area contributed by atoms with Crippen LogP contribution in [0.3, 0.4) is 0 Å². The molecule has 1 saturated carbocycles. The fraction of sp³-hybridized carbons (Fsp3) is 0.696. The first kappa shape index (κ1) is 22.0. The summed E-state index contributed by atoms with van der Waals surface area (Å²) in [6.07, 6.45) is 4.72. The summed E-state index contributed by atoms with van der Waals surface area (Å²) >= 11 is 0. The topological polar surface area (TPSA) is 41.6 Å². The second kappa shape index (κ2) is 8.99. The van der Waals surface area contributed by atoms with Gasteiger partial charge >= 0.3 is 0 Å². The Bertz CT molecular complexity index is 701. The van der Waals surface area contributed by atoms with E-state index in [1.165, 1.54) is 32.4 Å². The van der Waals surface area contributed by atoms with Crippen molar-refractivity contribution in [1.82, 2.24) is 10.2 Å². The Balaban J connectivity index is 1.47. The molecule has 1 amide bonds. The normalized spacial score (nSPS) is 23.1. The number of ether oxygens (including phenoxy) is 1. The Labute approximate surface area is 173 Å². The van der Waals surface area contributed by atoms with E-state index >= 15 is 0 Å². The Morgan fingerprint density at radius 2 is 1.83 bits per heavy atom. The predicted octanol–water partition coefficient (Wildman–Crippen LogP) is 4.63. The van der Waals surface area contributed by atoms with Crippen molar-refractivity contribution in [3.05, 3.63) is 29.3 Å². The highest BCUT2D eigenvalue weighted by Crippen LogP contribution is 2.49. The Hall–Kier alpha value is -1.69. The van der Waals surface area contributed by atoms with Crippen LogP contribution in [-0.4, -0.2) is 42.6 Å². The average Bonchev–Trinajstić information content (AvgIpc) is 3.39. The molecule has 0 spiro atoms. The van der Waals surface area contributed by atoms with Crippen LogP contribution in [0.1, 0.15) is 63.7 Å². The molecule has 6 heteroatoms. The fourth-order valence-corrected chi connectivity index (χ4v) is 4.46. The number of benzene rings is 1. The molecule has 0 radical (unpaired) electrons. The van der Waals surface area contributed by atoms with Gasteiger partial charge in [0.05, 0.1) is 6.61 Å². The summed E-state index contributed by atoms with van der Waals surface area (Å²) < 4.78 is 34.2. The quantitative estimate of drug-likeness (QED) is 0.715. The lowest BCUT2D eigenvalue weighted by molar-refractivity contribution is 0.0911. The highest BCUT2D eigenvalue weighted by molar-refractivity contribution is 5.95. The van der Waals surface area contributed by atoms with E-state index < -0.39 is 28.6 Å². The van der Waals surface area contributed by atoms with Crippen LogP contribution in [-0.2, 0) is 0 Å². The van der Waals surface area contributed by atoms with Crippen LogP contribution in [0.2, 0.25) is 0 Å². The van der Waals surface area contributed by atoms with Crippen LogP contribution >= 0.6 is 0 Å².